The molecule has 4 nitrogen and oxygen atoms in total. The Morgan fingerprint density at radius 2 is 1.23 bits per heavy atom. The van der Waals surface area contributed by atoms with Gasteiger partial charge in [-0.1, -0.05) is 110 Å². The Kier molecular flexibility index (Phi) is 14.9. The minimum atomic E-state index is -1.29. The Balaban J connectivity index is 2.20. The van der Waals surface area contributed by atoms with Gasteiger partial charge in [0.25, 0.3) is 0 Å². The maximum atomic E-state index is 12.8. The summed E-state index contributed by atoms with van der Waals surface area (Å²) in [6, 6.07) is 0. The molecule has 0 spiro atoms. The van der Waals surface area contributed by atoms with Crippen LogP contribution in [0.15, 0.2) is 0 Å². The summed E-state index contributed by atoms with van der Waals surface area (Å²) in [4.78, 5) is 24.6. The number of hydrogen-bond acceptors (Lipinski definition) is 3. The summed E-state index contributed by atoms with van der Waals surface area (Å²) >= 11 is 0. The first kappa shape index (κ1) is 27.0. The monoisotopic (exact) mass is 424 g/mol. The zero-order valence-electron chi connectivity index (χ0n) is 19.9. The third-order valence-corrected chi connectivity index (χ3v) is 6.77. The van der Waals surface area contributed by atoms with Gasteiger partial charge >= 0.3 is 11.9 Å². The topological polar surface area (TPSA) is 63.6 Å². The fraction of sp³-hybridized carbons (Fsp3) is 0.923. The second kappa shape index (κ2) is 16.6. The van der Waals surface area contributed by atoms with Gasteiger partial charge in [-0.25, -0.2) is 0 Å². The van der Waals surface area contributed by atoms with E-state index in [0.717, 1.165) is 44.9 Å². The average Bonchev–Trinajstić information content (AvgIpc) is 2.74. The zero-order chi connectivity index (χ0) is 22.1. The lowest BCUT2D eigenvalue weighted by Gasteiger charge is -2.32. The quantitative estimate of drug-likeness (QED) is 0.138. The number of ether oxygens (including phenoxy) is 1. The first-order valence-electron chi connectivity index (χ1n) is 13.0. The number of carboxylic acid groups (broad SMARTS) is 1. The van der Waals surface area contributed by atoms with Gasteiger partial charge in [0, 0.05) is 0 Å². The van der Waals surface area contributed by atoms with Crippen molar-refractivity contribution in [1.82, 2.24) is 0 Å². The smallest absolute Gasteiger partial charge is 0.323 e. The number of aliphatic carboxylic acids is 1. The lowest BCUT2D eigenvalue weighted by molar-refractivity contribution is -0.175. The van der Waals surface area contributed by atoms with Crippen LogP contribution in [0.1, 0.15) is 142 Å². The van der Waals surface area contributed by atoms with Crippen LogP contribution in [0.2, 0.25) is 0 Å². The van der Waals surface area contributed by atoms with Gasteiger partial charge in [0.2, 0.25) is 0 Å². The van der Waals surface area contributed by atoms with Gasteiger partial charge in [-0.3, -0.25) is 9.59 Å². The molecule has 0 amide bonds. The molecule has 1 saturated carbocycles. The summed E-state index contributed by atoms with van der Waals surface area (Å²) in [6.45, 7) is 4.36. The molecule has 0 aliphatic heterocycles. The summed E-state index contributed by atoms with van der Waals surface area (Å²) < 4.78 is 5.78. The van der Waals surface area contributed by atoms with Crippen LogP contribution < -0.4 is 0 Å². The van der Waals surface area contributed by atoms with Gasteiger partial charge in [0.15, 0.2) is 5.41 Å². The van der Waals surface area contributed by atoms with E-state index in [0.29, 0.717) is 12.8 Å². The molecule has 0 aromatic carbocycles. The number of carboxylic acids is 1. The molecule has 0 radical (unpaired) electrons. The lowest BCUT2D eigenvalue weighted by Crippen LogP contribution is -2.43. The van der Waals surface area contributed by atoms with Gasteiger partial charge in [-0.15, -0.1) is 0 Å². The van der Waals surface area contributed by atoms with E-state index in [1.807, 2.05) is 0 Å². The van der Waals surface area contributed by atoms with E-state index < -0.39 is 17.4 Å². The molecule has 1 aliphatic rings. The molecule has 1 N–H and O–H groups in total. The zero-order valence-corrected chi connectivity index (χ0v) is 19.9. The van der Waals surface area contributed by atoms with Crippen molar-refractivity contribution < 1.29 is 19.4 Å². The Hall–Kier alpha value is -1.06. The van der Waals surface area contributed by atoms with E-state index in [9.17, 15) is 14.7 Å². The summed E-state index contributed by atoms with van der Waals surface area (Å²) in [5.41, 5.74) is -1.29. The first-order chi connectivity index (χ1) is 14.6. The predicted molar refractivity (Wildman–Crippen MR) is 124 cm³/mol. The van der Waals surface area contributed by atoms with E-state index in [4.69, 9.17) is 4.74 Å². The average molecular weight is 425 g/mol. The number of esters is 1. The molecule has 30 heavy (non-hydrogen) atoms. The minimum Gasteiger partial charge on any atom is -0.480 e. The fourth-order valence-corrected chi connectivity index (χ4v) is 4.72. The van der Waals surface area contributed by atoms with Crippen LogP contribution in [0.5, 0.6) is 0 Å². The Labute approximate surface area is 185 Å². The van der Waals surface area contributed by atoms with Crippen molar-refractivity contribution in [3.63, 3.8) is 0 Å². The molecular weight excluding hydrogens is 376 g/mol. The Morgan fingerprint density at radius 1 is 0.733 bits per heavy atom. The van der Waals surface area contributed by atoms with Gasteiger partial charge in [0.1, 0.15) is 6.10 Å². The van der Waals surface area contributed by atoms with Crippen LogP contribution in [0.25, 0.3) is 0 Å². The van der Waals surface area contributed by atoms with E-state index in [-0.39, 0.29) is 6.10 Å². The van der Waals surface area contributed by atoms with Gasteiger partial charge in [0.05, 0.1) is 0 Å². The molecule has 4 heteroatoms. The standard InChI is InChI=1S/C26H48O4/c1-3-5-6-7-8-9-10-11-12-13-14-16-20-23(19-4-2)30-25(29)26(24(27)28)21-17-15-18-22-26/h23H,3-22H2,1-2H3,(H,27,28). The Bertz CT molecular complexity index is 454. The van der Waals surface area contributed by atoms with Gasteiger partial charge in [-0.05, 0) is 32.1 Å². The van der Waals surface area contributed by atoms with Crippen LogP contribution >= 0.6 is 0 Å². The van der Waals surface area contributed by atoms with Crippen molar-refractivity contribution in [2.45, 2.75) is 148 Å². The number of carbonyl (C=O) groups is 2. The summed E-state index contributed by atoms with van der Waals surface area (Å²) in [5.74, 6) is -1.47. The first-order valence-corrected chi connectivity index (χ1v) is 13.0. The van der Waals surface area contributed by atoms with Crippen molar-refractivity contribution in [1.29, 1.82) is 0 Å². The van der Waals surface area contributed by atoms with E-state index in [1.165, 1.54) is 70.6 Å². The molecule has 0 heterocycles. The predicted octanol–water partition coefficient (Wildman–Crippen LogP) is 7.82. The SMILES string of the molecule is CCCCCCCCCCCCCCC(CCC)OC(=O)C1(C(=O)O)CCCCC1. The highest BCUT2D eigenvalue weighted by atomic mass is 16.5. The lowest BCUT2D eigenvalue weighted by atomic mass is 9.74. The molecule has 0 aromatic heterocycles. The molecular formula is C26H48O4. The normalized spacial score (nSPS) is 16.9. The number of hydrogen-bond donors (Lipinski definition) is 1. The minimum absolute atomic E-state index is 0.122. The highest BCUT2D eigenvalue weighted by molar-refractivity contribution is 5.99. The number of unbranched alkanes of at least 4 members (excludes halogenated alkanes) is 11. The van der Waals surface area contributed by atoms with E-state index in [1.54, 1.807) is 0 Å². The third-order valence-electron chi connectivity index (χ3n) is 6.77. The van der Waals surface area contributed by atoms with E-state index >= 15 is 0 Å². The Morgan fingerprint density at radius 3 is 1.70 bits per heavy atom. The van der Waals surface area contributed by atoms with Crippen LogP contribution in [0.3, 0.4) is 0 Å². The molecule has 1 aliphatic carbocycles. The van der Waals surface area contributed by atoms with Crippen molar-refractivity contribution in [2.75, 3.05) is 0 Å². The molecule has 0 bridgehead atoms. The number of rotatable bonds is 18. The highest BCUT2D eigenvalue weighted by Gasteiger charge is 2.48. The van der Waals surface area contributed by atoms with E-state index in [2.05, 4.69) is 13.8 Å². The molecule has 0 saturated heterocycles. The summed E-state index contributed by atoms with van der Waals surface area (Å²) in [6.07, 6.45) is 21.8. The maximum Gasteiger partial charge on any atom is 0.323 e. The van der Waals surface area contributed by atoms with Crippen LogP contribution in [0, 0.1) is 5.41 Å². The molecule has 1 unspecified atom stereocenters. The number of carbonyl (C=O) groups excluding carboxylic acids is 1. The molecule has 0 aromatic rings. The summed E-state index contributed by atoms with van der Waals surface area (Å²) in [5, 5.41) is 9.69. The van der Waals surface area contributed by atoms with Crippen molar-refractivity contribution in [2.24, 2.45) is 5.41 Å². The third kappa shape index (κ3) is 10.3. The molecule has 1 fully saturated rings. The summed E-state index contributed by atoms with van der Waals surface area (Å²) in [7, 11) is 0. The maximum absolute atomic E-state index is 12.8. The van der Waals surface area contributed by atoms with Crippen molar-refractivity contribution in [3.05, 3.63) is 0 Å². The van der Waals surface area contributed by atoms with Crippen molar-refractivity contribution in [3.8, 4) is 0 Å². The van der Waals surface area contributed by atoms with Crippen LogP contribution in [0.4, 0.5) is 0 Å². The molecule has 1 rings (SSSR count). The van der Waals surface area contributed by atoms with Gasteiger partial charge < -0.3 is 9.84 Å². The highest BCUT2D eigenvalue weighted by Crippen LogP contribution is 2.38. The van der Waals surface area contributed by atoms with Crippen molar-refractivity contribution >= 4 is 11.9 Å². The fourth-order valence-electron chi connectivity index (χ4n) is 4.72. The second-order valence-corrected chi connectivity index (χ2v) is 9.44. The largest absolute Gasteiger partial charge is 0.480 e. The van der Waals surface area contributed by atoms with Gasteiger partial charge in [-0.2, -0.15) is 0 Å². The second-order valence-electron chi connectivity index (χ2n) is 9.44. The molecule has 176 valence electrons. The van der Waals surface area contributed by atoms with Crippen LogP contribution in [-0.4, -0.2) is 23.1 Å². The van der Waals surface area contributed by atoms with Crippen LogP contribution in [-0.2, 0) is 14.3 Å². The molecule has 1 atom stereocenters.